The molecule has 0 radical (unpaired) electrons. The van der Waals surface area contributed by atoms with Gasteiger partial charge in [0.2, 0.25) is 21.8 Å². The fourth-order valence-electron chi connectivity index (χ4n) is 4.64. The van der Waals surface area contributed by atoms with Gasteiger partial charge in [-0.2, -0.15) is 0 Å². The highest BCUT2D eigenvalue weighted by molar-refractivity contribution is 9.10. The zero-order valence-corrected chi connectivity index (χ0v) is 24.7. The summed E-state index contributed by atoms with van der Waals surface area (Å²) in [5, 5.41) is 3.53. The van der Waals surface area contributed by atoms with Crippen molar-refractivity contribution < 1.29 is 18.0 Å². The van der Waals surface area contributed by atoms with E-state index in [0.717, 1.165) is 47.5 Å². The van der Waals surface area contributed by atoms with Crippen LogP contribution in [-0.2, 0) is 26.2 Å². The maximum atomic E-state index is 13.4. The zero-order chi connectivity index (χ0) is 27.2. The van der Waals surface area contributed by atoms with Gasteiger partial charge in [-0.1, -0.05) is 58.6 Å². The molecule has 1 aliphatic rings. The van der Waals surface area contributed by atoms with Crippen molar-refractivity contribution in [2.45, 2.75) is 71.0 Å². The number of anilines is 1. The quantitative estimate of drug-likeness (QED) is 0.367. The lowest BCUT2D eigenvalue weighted by Crippen LogP contribution is -2.49. The standard InChI is InChI=1S/C27H35BrClN3O4S/c1-19-13-14-23(29)17-25(19)32(37(3,35)36)15-7-12-26(33)31(18-21-8-6-9-22(28)16-21)20(2)27(34)30-24-10-4-5-11-24/h6,8-9,13-14,16-17,20,24H,4-5,7,10-12,15,18H2,1-3H3,(H,30,34)/t20-/m1/s1. The summed E-state index contributed by atoms with van der Waals surface area (Å²) in [6, 6.07) is 12.2. The Kier molecular flexibility index (Phi) is 10.4. The number of halogens is 2. The van der Waals surface area contributed by atoms with Crippen molar-refractivity contribution in [2.24, 2.45) is 0 Å². The summed E-state index contributed by atoms with van der Waals surface area (Å²) < 4.78 is 27.3. The van der Waals surface area contributed by atoms with E-state index in [1.54, 1.807) is 30.0 Å². The summed E-state index contributed by atoms with van der Waals surface area (Å²) in [5.41, 5.74) is 2.17. The molecule has 0 heterocycles. The molecule has 2 aromatic carbocycles. The third kappa shape index (κ3) is 8.45. The number of amides is 2. The maximum Gasteiger partial charge on any atom is 0.242 e. The molecule has 2 aromatic rings. The molecule has 0 unspecified atom stereocenters. The molecular weight excluding hydrogens is 578 g/mol. The Morgan fingerprint density at radius 1 is 1.16 bits per heavy atom. The molecule has 2 amide bonds. The highest BCUT2D eigenvalue weighted by Gasteiger charge is 2.29. The van der Waals surface area contributed by atoms with Crippen LogP contribution in [0, 0.1) is 6.92 Å². The molecule has 0 spiro atoms. The predicted molar refractivity (Wildman–Crippen MR) is 152 cm³/mol. The minimum absolute atomic E-state index is 0.0979. The monoisotopic (exact) mass is 611 g/mol. The van der Waals surface area contributed by atoms with Gasteiger partial charge in [-0.05, 0) is 68.5 Å². The molecule has 7 nitrogen and oxygen atoms in total. The third-order valence-corrected chi connectivity index (χ3v) is 8.61. The normalized spacial score (nSPS) is 14.8. The molecule has 1 fully saturated rings. The molecule has 10 heteroatoms. The van der Waals surface area contributed by atoms with Crippen LogP contribution < -0.4 is 9.62 Å². The first-order valence-corrected chi connectivity index (χ1v) is 15.6. The Morgan fingerprint density at radius 3 is 2.51 bits per heavy atom. The molecule has 37 heavy (non-hydrogen) atoms. The number of carbonyl (C=O) groups excluding carboxylic acids is 2. The molecular formula is C27H35BrClN3O4S. The molecule has 0 bridgehead atoms. The first-order chi connectivity index (χ1) is 17.5. The average Bonchev–Trinajstić information content (AvgIpc) is 3.34. The van der Waals surface area contributed by atoms with Crippen molar-refractivity contribution in [3.63, 3.8) is 0 Å². The fraction of sp³-hybridized carbons (Fsp3) is 0.481. The Bertz CT molecular complexity index is 1220. The van der Waals surface area contributed by atoms with Gasteiger partial charge in [-0.15, -0.1) is 0 Å². The van der Waals surface area contributed by atoms with Gasteiger partial charge in [0.15, 0.2) is 0 Å². The molecule has 1 aliphatic carbocycles. The van der Waals surface area contributed by atoms with Gasteiger partial charge in [0.25, 0.3) is 0 Å². The van der Waals surface area contributed by atoms with E-state index in [1.165, 1.54) is 4.31 Å². The van der Waals surface area contributed by atoms with Crippen LogP contribution in [0.3, 0.4) is 0 Å². The van der Waals surface area contributed by atoms with Crippen molar-refractivity contribution >= 4 is 55.1 Å². The molecule has 202 valence electrons. The van der Waals surface area contributed by atoms with Crippen molar-refractivity contribution in [1.29, 1.82) is 0 Å². The molecule has 0 aromatic heterocycles. The van der Waals surface area contributed by atoms with E-state index >= 15 is 0 Å². The molecule has 0 aliphatic heterocycles. The lowest BCUT2D eigenvalue weighted by Gasteiger charge is -2.30. The number of nitrogens with one attached hydrogen (secondary N) is 1. The number of hydrogen-bond acceptors (Lipinski definition) is 4. The highest BCUT2D eigenvalue weighted by Crippen LogP contribution is 2.27. The summed E-state index contributed by atoms with van der Waals surface area (Å²) in [6.45, 7) is 3.97. The lowest BCUT2D eigenvalue weighted by molar-refractivity contribution is -0.141. The van der Waals surface area contributed by atoms with Crippen LogP contribution in [0.15, 0.2) is 46.9 Å². The number of benzene rings is 2. The van der Waals surface area contributed by atoms with E-state index in [2.05, 4.69) is 21.2 Å². The molecule has 1 atom stereocenters. The van der Waals surface area contributed by atoms with Gasteiger partial charge in [0, 0.05) is 35.0 Å². The number of hydrogen-bond donors (Lipinski definition) is 1. The Balaban J connectivity index is 1.74. The van der Waals surface area contributed by atoms with Crippen LogP contribution >= 0.6 is 27.5 Å². The van der Waals surface area contributed by atoms with Gasteiger partial charge in [0.1, 0.15) is 6.04 Å². The molecule has 1 saturated carbocycles. The van der Waals surface area contributed by atoms with Gasteiger partial charge >= 0.3 is 0 Å². The molecule has 0 saturated heterocycles. The van der Waals surface area contributed by atoms with Gasteiger partial charge in [0.05, 0.1) is 11.9 Å². The third-order valence-electron chi connectivity index (χ3n) is 6.70. The average molecular weight is 613 g/mol. The second-order valence-corrected chi connectivity index (χ2v) is 12.9. The largest absolute Gasteiger partial charge is 0.352 e. The minimum atomic E-state index is -3.59. The maximum absolute atomic E-state index is 13.4. The fourth-order valence-corrected chi connectivity index (χ4v) is 6.27. The number of aryl methyl sites for hydroxylation is 1. The summed E-state index contributed by atoms with van der Waals surface area (Å²) in [6.07, 6.45) is 5.66. The van der Waals surface area contributed by atoms with Crippen molar-refractivity contribution in [1.82, 2.24) is 10.2 Å². The van der Waals surface area contributed by atoms with Crippen LogP contribution in [0.1, 0.15) is 56.6 Å². The smallest absolute Gasteiger partial charge is 0.242 e. The van der Waals surface area contributed by atoms with E-state index in [-0.39, 0.29) is 37.4 Å². The minimum Gasteiger partial charge on any atom is -0.352 e. The van der Waals surface area contributed by atoms with E-state index in [1.807, 2.05) is 31.2 Å². The number of carbonyl (C=O) groups is 2. The topological polar surface area (TPSA) is 86.8 Å². The Labute approximate surface area is 233 Å². The van der Waals surface area contributed by atoms with E-state index < -0.39 is 16.1 Å². The van der Waals surface area contributed by atoms with Crippen molar-refractivity contribution in [2.75, 3.05) is 17.1 Å². The van der Waals surface area contributed by atoms with Gasteiger partial charge in [-0.25, -0.2) is 8.42 Å². The zero-order valence-electron chi connectivity index (χ0n) is 21.5. The summed E-state index contributed by atoms with van der Waals surface area (Å²) >= 11 is 9.60. The van der Waals surface area contributed by atoms with Gasteiger partial charge in [-0.3, -0.25) is 13.9 Å². The van der Waals surface area contributed by atoms with Crippen LogP contribution in [0.25, 0.3) is 0 Å². The van der Waals surface area contributed by atoms with Gasteiger partial charge < -0.3 is 10.2 Å². The molecule has 1 N–H and O–H groups in total. The highest BCUT2D eigenvalue weighted by atomic mass is 79.9. The number of sulfonamides is 1. The SMILES string of the molecule is Cc1ccc(Cl)cc1N(CCCC(=O)N(Cc1cccc(Br)c1)[C@H](C)C(=O)NC1CCCC1)S(C)(=O)=O. The van der Waals surface area contributed by atoms with Crippen molar-refractivity contribution in [3.05, 3.63) is 63.1 Å². The van der Waals surface area contributed by atoms with Crippen LogP contribution in [-0.4, -0.2) is 50.0 Å². The first-order valence-electron chi connectivity index (χ1n) is 12.5. The Morgan fingerprint density at radius 2 is 1.86 bits per heavy atom. The molecule has 3 rings (SSSR count). The number of nitrogens with zero attached hydrogens (tertiary/aromatic N) is 2. The second kappa shape index (κ2) is 13.1. The Hall–Kier alpha value is -2.10. The number of rotatable bonds is 11. The van der Waals surface area contributed by atoms with E-state index in [4.69, 9.17) is 11.6 Å². The lowest BCUT2D eigenvalue weighted by atomic mass is 10.1. The van der Waals surface area contributed by atoms with E-state index in [9.17, 15) is 18.0 Å². The van der Waals surface area contributed by atoms with Crippen LogP contribution in [0.4, 0.5) is 5.69 Å². The van der Waals surface area contributed by atoms with Crippen LogP contribution in [0.5, 0.6) is 0 Å². The van der Waals surface area contributed by atoms with E-state index in [0.29, 0.717) is 17.1 Å². The first kappa shape index (κ1) is 29.5. The van der Waals surface area contributed by atoms with Crippen molar-refractivity contribution in [3.8, 4) is 0 Å². The summed E-state index contributed by atoms with van der Waals surface area (Å²) in [4.78, 5) is 28.1. The van der Waals surface area contributed by atoms with Crippen LogP contribution in [0.2, 0.25) is 5.02 Å². The summed E-state index contributed by atoms with van der Waals surface area (Å²) in [7, 11) is -3.59. The second-order valence-electron chi connectivity index (χ2n) is 9.69. The summed E-state index contributed by atoms with van der Waals surface area (Å²) in [5.74, 6) is -0.368. The predicted octanol–water partition coefficient (Wildman–Crippen LogP) is 5.43.